The molecule has 106 valence electrons. The van der Waals surface area contributed by atoms with Crippen molar-refractivity contribution in [1.82, 2.24) is 10.3 Å². The van der Waals surface area contributed by atoms with E-state index in [0.717, 1.165) is 16.6 Å². The molecule has 5 nitrogen and oxygen atoms in total. The number of aliphatic carboxylic acids is 1. The number of hydrogen-bond acceptors (Lipinski definition) is 2. The molecule has 0 saturated carbocycles. The van der Waals surface area contributed by atoms with Crippen molar-refractivity contribution in [2.75, 3.05) is 0 Å². The number of para-hydroxylation sites is 1. The molecule has 1 aromatic heterocycles. The van der Waals surface area contributed by atoms with E-state index in [1.807, 2.05) is 38.1 Å². The minimum atomic E-state index is -1.00. The number of H-pyrrole nitrogens is 1. The quantitative estimate of drug-likeness (QED) is 0.783. The van der Waals surface area contributed by atoms with Crippen LogP contribution in [-0.2, 0) is 4.79 Å². The standard InChI is InChI=1S/C15H18N2O3/c1-3-6-12(15(19)20)17-14(18)13-9(2)16-11-8-5-4-7-10(11)13/h4-5,7-8,12,16H,3,6H2,1-2H3,(H,17,18)(H,19,20). The lowest BCUT2D eigenvalue weighted by atomic mass is 10.1. The van der Waals surface area contributed by atoms with E-state index in [2.05, 4.69) is 10.3 Å². The number of fused-ring (bicyclic) bond motifs is 1. The molecule has 0 spiro atoms. The summed E-state index contributed by atoms with van der Waals surface area (Å²) in [5, 5.41) is 12.5. The van der Waals surface area contributed by atoms with Crippen LogP contribution in [-0.4, -0.2) is 28.0 Å². The van der Waals surface area contributed by atoms with E-state index in [4.69, 9.17) is 5.11 Å². The number of aromatic amines is 1. The van der Waals surface area contributed by atoms with Crippen LogP contribution in [0.1, 0.15) is 35.8 Å². The third-order valence-corrected chi connectivity index (χ3v) is 3.30. The van der Waals surface area contributed by atoms with E-state index in [9.17, 15) is 9.59 Å². The lowest BCUT2D eigenvalue weighted by Gasteiger charge is -2.13. The normalized spacial score (nSPS) is 12.3. The largest absolute Gasteiger partial charge is 0.480 e. The van der Waals surface area contributed by atoms with Crippen LogP contribution in [0.15, 0.2) is 24.3 Å². The summed E-state index contributed by atoms with van der Waals surface area (Å²) in [4.78, 5) is 26.6. The van der Waals surface area contributed by atoms with Gasteiger partial charge < -0.3 is 15.4 Å². The van der Waals surface area contributed by atoms with Gasteiger partial charge in [-0.3, -0.25) is 4.79 Å². The molecule has 2 aromatic rings. The predicted molar refractivity (Wildman–Crippen MR) is 76.8 cm³/mol. The number of hydrogen-bond donors (Lipinski definition) is 3. The van der Waals surface area contributed by atoms with Crippen molar-refractivity contribution >= 4 is 22.8 Å². The first kappa shape index (κ1) is 14.1. The van der Waals surface area contributed by atoms with Crippen molar-refractivity contribution in [3.8, 4) is 0 Å². The second-order valence-corrected chi connectivity index (χ2v) is 4.82. The summed E-state index contributed by atoms with van der Waals surface area (Å²) in [6.45, 7) is 3.70. The predicted octanol–water partition coefficient (Wildman–Crippen LogP) is 2.46. The first-order chi connectivity index (χ1) is 9.54. The Bertz CT molecular complexity index is 646. The van der Waals surface area contributed by atoms with Crippen LogP contribution >= 0.6 is 0 Å². The number of aryl methyl sites for hydroxylation is 1. The first-order valence-corrected chi connectivity index (χ1v) is 6.65. The molecular weight excluding hydrogens is 256 g/mol. The van der Waals surface area contributed by atoms with E-state index in [1.54, 1.807) is 0 Å². The van der Waals surface area contributed by atoms with Crippen LogP contribution in [0, 0.1) is 6.92 Å². The molecule has 3 N–H and O–H groups in total. The van der Waals surface area contributed by atoms with Crippen molar-refractivity contribution in [1.29, 1.82) is 0 Å². The lowest BCUT2D eigenvalue weighted by Crippen LogP contribution is -2.40. The molecule has 1 aromatic carbocycles. The van der Waals surface area contributed by atoms with Gasteiger partial charge in [0.05, 0.1) is 5.56 Å². The van der Waals surface area contributed by atoms with Crippen LogP contribution in [0.2, 0.25) is 0 Å². The van der Waals surface area contributed by atoms with E-state index in [-0.39, 0.29) is 5.91 Å². The van der Waals surface area contributed by atoms with Crippen molar-refractivity contribution in [3.05, 3.63) is 35.5 Å². The third-order valence-electron chi connectivity index (χ3n) is 3.30. The monoisotopic (exact) mass is 274 g/mol. The van der Waals surface area contributed by atoms with E-state index >= 15 is 0 Å². The SMILES string of the molecule is CCCC(NC(=O)c1c(C)[nH]c2ccccc12)C(=O)O. The van der Waals surface area contributed by atoms with Crippen molar-refractivity contribution < 1.29 is 14.7 Å². The Morgan fingerprint density at radius 1 is 1.35 bits per heavy atom. The van der Waals surface area contributed by atoms with E-state index in [1.165, 1.54) is 0 Å². The van der Waals surface area contributed by atoms with Crippen LogP contribution in [0.4, 0.5) is 0 Å². The zero-order valence-electron chi connectivity index (χ0n) is 11.6. The van der Waals surface area contributed by atoms with E-state index < -0.39 is 12.0 Å². The highest BCUT2D eigenvalue weighted by atomic mass is 16.4. The molecule has 0 radical (unpaired) electrons. The average Bonchev–Trinajstić information content (AvgIpc) is 2.73. The Balaban J connectivity index is 2.31. The summed E-state index contributed by atoms with van der Waals surface area (Å²) < 4.78 is 0. The molecule has 1 atom stereocenters. The maximum Gasteiger partial charge on any atom is 0.326 e. The Hall–Kier alpha value is -2.30. The van der Waals surface area contributed by atoms with Crippen LogP contribution in [0.5, 0.6) is 0 Å². The van der Waals surface area contributed by atoms with Crippen LogP contribution in [0.25, 0.3) is 10.9 Å². The molecule has 0 saturated heterocycles. The van der Waals surface area contributed by atoms with Crippen molar-refractivity contribution in [3.63, 3.8) is 0 Å². The molecule has 2 rings (SSSR count). The van der Waals surface area contributed by atoms with Crippen LogP contribution < -0.4 is 5.32 Å². The summed E-state index contributed by atoms with van der Waals surface area (Å²) in [7, 11) is 0. The van der Waals surface area contributed by atoms with Gasteiger partial charge in [0.1, 0.15) is 6.04 Å². The second-order valence-electron chi connectivity index (χ2n) is 4.82. The van der Waals surface area contributed by atoms with Crippen molar-refractivity contribution in [2.45, 2.75) is 32.7 Å². The van der Waals surface area contributed by atoms with Crippen molar-refractivity contribution in [2.24, 2.45) is 0 Å². The minimum absolute atomic E-state index is 0.346. The first-order valence-electron chi connectivity index (χ1n) is 6.65. The molecule has 0 aliphatic rings. The van der Waals surface area contributed by atoms with Gasteiger partial charge in [-0.15, -0.1) is 0 Å². The topological polar surface area (TPSA) is 82.2 Å². The molecule has 1 heterocycles. The molecule has 0 fully saturated rings. The number of amides is 1. The minimum Gasteiger partial charge on any atom is -0.480 e. The highest BCUT2D eigenvalue weighted by Gasteiger charge is 2.22. The zero-order chi connectivity index (χ0) is 14.7. The summed E-state index contributed by atoms with van der Waals surface area (Å²) in [5.74, 6) is -1.35. The maximum atomic E-state index is 12.3. The fourth-order valence-corrected chi connectivity index (χ4v) is 2.35. The molecule has 5 heteroatoms. The average molecular weight is 274 g/mol. The van der Waals surface area contributed by atoms with Gasteiger partial charge in [-0.2, -0.15) is 0 Å². The molecule has 0 aliphatic heterocycles. The fourth-order valence-electron chi connectivity index (χ4n) is 2.35. The molecular formula is C15H18N2O3. The van der Waals surface area contributed by atoms with Gasteiger partial charge in [0.2, 0.25) is 0 Å². The number of nitrogens with one attached hydrogen (secondary N) is 2. The number of carbonyl (C=O) groups is 2. The van der Waals surface area contributed by atoms with Gasteiger partial charge >= 0.3 is 5.97 Å². The summed E-state index contributed by atoms with van der Waals surface area (Å²) >= 11 is 0. The van der Waals surface area contributed by atoms with Gasteiger partial charge in [0.25, 0.3) is 5.91 Å². The highest BCUT2D eigenvalue weighted by Crippen LogP contribution is 2.21. The summed E-state index contributed by atoms with van der Waals surface area (Å²) in [6, 6.07) is 6.63. The molecule has 0 aliphatic carbocycles. The number of carbonyl (C=O) groups excluding carboxylic acids is 1. The number of carboxylic acid groups (broad SMARTS) is 1. The number of rotatable bonds is 5. The lowest BCUT2D eigenvalue weighted by molar-refractivity contribution is -0.139. The number of aromatic nitrogens is 1. The molecule has 1 amide bonds. The number of benzene rings is 1. The molecule has 20 heavy (non-hydrogen) atoms. The molecule has 1 unspecified atom stereocenters. The zero-order valence-corrected chi connectivity index (χ0v) is 11.6. The van der Waals surface area contributed by atoms with Gasteiger partial charge in [-0.25, -0.2) is 4.79 Å². The Labute approximate surface area is 117 Å². The smallest absolute Gasteiger partial charge is 0.326 e. The fraction of sp³-hybridized carbons (Fsp3) is 0.333. The molecule has 0 bridgehead atoms. The second kappa shape index (κ2) is 5.77. The maximum absolute atomic E-state index is 12.3. The van der Waals surface area contributed by atoms with Gasteiger partial charge in [-0.1, -0.05) is 31.5 Å². The summed E-state index contributed by atoms with van der Waals surface area (Å²) in [5.41, 5.74) is 2.13. The number of carboxylic acids is 1. The third kappa shape index (κ3) is 2.66. The Kier molecular flexibility index (Phi) is 4.08. The van der Waals surface area contributed by atoms with E-state index in [0.29, 0.717) is 18.4 Å². The van der Waals surface area contributed by atoms with Gasteiger partial charge in [0.15, 0.2) is 0 Å². The highest BCUT2D eigenvalue weighted by molar-refractivity contribution is 6.08. The van der Waals surface area contributed by atoms with Gasteiger partial charge in [-0.05, 0) is 19.4 Å². The summed E-state index contributed by atoms with van der Waals surface area (Å²) in [6.07, 6.45) is 1.12. The van der Waals surface area contributed by atoms with Crippen LogP contribution in [0.3, 0.4) is 0 Å². The Morgan fingerprint density at radius 2 is 2.05 bits per heavy atom. The Morgan fingerprint density at radius 3 is 2.70 bits per heavy atom. The van der Waals surface area contributed by atoms with Gasteiger partial charge in [0, 0.05) is 16.6 Å².